The molecule has 3 aromatic carbocycles. The molecule has 0 aliphatic carbocycles. The molecule has 1 N–H and O–H groups in total. The number of carbonyl (C=O) groups excluding carboxylic acids is 1. The lowest BCUT2D eigenvalue weighted by atomic mass is 9.97. The van der Waals surface area contributed by atoms with Crippen LogP contribution in [0.5, 0.6) is 0 Å². The summed E-state index contributed by atoms with van der Waals surface area (Å²) in [6.45, 7) is 5.88. The fraction of sp³-hybridized carbons (Fsp3) is 0.296. The smallest absolute Gasteiger partial charge is 0.264 e. The van der Waals surface area contributed by atoms with Crippen LogP contribution in [0.15, 0.2) is 89.8 Å². The van der Waals surface area contributed by atoms with Gasteiger partial charge in [-0.3, -0.25) is 9.10 Å². The van der Waals surface area contributed by atoms with Gasteiger partial charge in [0.25, 0.3) is 10.0 Å². The number of hydrogen-bond donors (Lipinski definition) is 1. The van der Waals surface area contributed by atoms with Crippen LogP contribution in [0.3, 0.4) is 0 Å². The zero-order valence-electron chi connectivity index (χ0n) is 19.4. The van der Waals surface area contributed by atoms with Gasteiger partial charge in [-0.2, -0.15) is 0 Å². The second-order valence-corrected chi connectivity index (χ2v) is 10.3. The van der Waals surface area contributed by atoms with Crippen LogP contribution in [0.25, 0.3) is 0 Å². The monoisotopic (exact) mass is 464 g/mol. The summed E-state index contributed by atoms with van der Waals surface area (Å²) < 4.78 is 28.5. The average molecular weight is 465 g/mol. The van der Waals surface area contributed by atoms with Gasteiger partial charge in [-0.15, -0.1) is 0 Å². The normalized spacial score (nSPS) is 12.4. The Morgan fingerprint density at radius 2 is 1.45 bits per heavy atom. The van der Waals surface area contributed by atoms with Crippen LogP contribution in [0.1, 0.15) is 44.4 Å². The highest BCUT2D eigenvalue weighted by Crippen LogP contribution is 2.28. The molecule has 0 bridgehead atoms. The molecule has 3 aromatic rings. The Labute approximate surface area is 197 Å². The molecule has 0 fully saturated rings. The maximum atomic E-state index is 13.6. The maximum Gasteiger partial charge on any atom is 0.264 e. The molecule has 5 nitrogen and oxygen atoms in total. The topological polar surface area (TPSA) is 66.5 Å². The van der Waals surface area contributed by atoms with Gasteiger partial charge >= 0.3 is 0 Å². The van der Waals surface area contributed by atoms with E-state index in [0.717, 1.165) is 17.5 Å². The number of nitrogens with one attached hydrogen (secondary N) is 1. The first kappa shape index (κ1) is 24.5. The molecular weight excluding hydrogens is 432 g/mol. The fourth-order valence-electron chi connectivity index (χ4n) is 3.88. The number of hydrogen-bond acceptors (Lipinski definition) is 3. The lowest BCUT2D eigenvalue weighted by Crippen LogP contribution is -2.42. The van der Waals surface area contributed by atoms with Gasteiger partial charge in [0.15, 0.2) is 0 Å². The molecule has 1 atom stereocenters. The van der Waals surface area contributed by atoms with Crippen molar-refractivity contribution >= 4 is 21.6 Å². The molecule has 0 spiro atoms. The zero-order chi connectivity index (χ0) is 23.8. The van der Waals surface area contributed by atoms with E-state index in [2.05, 4.69) is 19.2 Å². The van der Waals surface area contributed by atoms with Crippen LogP contribution in [-0.2, 0) is 21.2 Å². The zero-order valence-corrected chi connectivity index (χ0v) is 20.3. The molecule has 0 unspecified atom stereocenters. The average Bonchev–Trinajstić information content (AvgIpc) is 2.83. The molecule has 0 aliphatic heterocycles. The molecule has 33 heavy (non-hydrogen) atoms. The lowest BCUT2D eigenvalue weighted by molar-refractivity contribution is -0.120. The number of amides is 1. The summed E-state index contributed by atoms with van der Waals surface area (Å²) in [6.07, 6.45) is 1.41. The van der Waals surface area contributed by atoms with Crippen LogP contribution in [0.4, 0.5) is 5.69 Å². The Morgan fingerprint density at radius 1 is 0.879 bits per heavy atom. The van der Waals surface area contributed by atoms with Gasteiger partial charge < -0.3 is 5.32 Å². The van der Waals surface area contributed by atoms with Crippen molar-refractivity contribution in [2.24, 2.45) is 5.92 Å². The quantitative estimate of drug-likeness (QED) is 0.440. The third-order valence-corrected chi connectivity index (χ3v) is 7.28. The van der Waals surface area contributed by atoms with Crippen molar-refractivity contribution in [3.63, 3.8) is 0 Å². The molecule has 1 amide bonds. The van der Waals surface area contributed by atoms with E-state index >= 15 is 0 Å². The number of aryl methyl sites for hydroxylation is 1. The van der Waals surface area contributed by atoms with Crippen molar-refractivity contribution in [3.05, 3.63) is 96.1 Å². The number of anilines is 1. The Morgan fingerprint density at radius 3 is 2.06 bits per heavy atom. The van der Waals surface area contributed by atoms with Crippen LogP contribution < -0.4 is 9.62 Å². The summed E-state index contributed by atoms with van der Waals surface area (Å²) in [5.74, 6) is 0.0235. The summed E-state index contributed by atoms with van der Waals surface area (Å²) in [7, 11) is -3.93. The third-order valence-electron chi connectivity index (χ3n) is 5.50. The van der Waals surface area contributed by atoms with Gasteiger partial charge in [0.05, 0.1) is 16.6 Å². The van der Waals surface area contributed by atoms with E-state index in [1.54, 1.807) is 42.5 Å². The highest BCUT2D eigenvalue weighted by atomic mass is 32.2. The number of rotatable bonds is 10. The van der Waals surface area contributed by atoms with E-state index in [1.807, 2.05) is 49.4 Å². The number of nitrogens with zero attached hydrogens (tertiary/aromatic N) is 1. The van der Waals surface area contributed by atoms with Crippen molar-refractivity contribution in [2.75, 3.05) is 10.8 Å². The maximum absolute atomic E-state index is 13.6. The van der Waals surface area contributed by atoms with Gasteiger partial charge in [-0.25, -0.2) is 8.42 Å². The van der Waals surface area contributed by atoms with Gasteiger partial charge in [-0.05, 0) is 48.1 Å². The Bertz CT molecular complexity index is 1150. The summed E-state index contributed by atoms with van der Waals surface area (Å²) in [5.41, 5.74) is 2.40. The first-order valence-corrected chi connectivity index (χ1v) is 12.8. The van der Waals surface area contributed by atoms with Crippen molar-refractivity contribution < 1.29 is 13.2 Å². The van der Waals surface area contributed by atoms with Crippen molar-refractivity contribution in [2.45, 2.75) is 44.6 Å². The molecule has 0 saturated heterocycles. The fourth-order valence-corrected chi connectivity index (χ4v) is 5.36. The molecule has 3 rings (SSSR count). The van der Waals surface area contributed by atoms with Gasteiger partial charge in [0.2, 0.25) is 5.91 Å². The Kier molecular flexibility index (Phi) is 8.28. The number of benzene rings is 3. The first-order chi connectivity index (χ1) is 15.8. The van der Waals surface area contributed by atoms with Gasteiger partial charge in [0, 0.05) is 0 Å². The number of para-hydroxylation sites is 1. The van der Waals surface area contributed by atoms with Crippen LogP contribution >= 0.6 is 0 Å². The van der Waals surface area contributed by atoms with Crippen molar-refractivity contribution in [1.29, 1.82) is 0 Å². The summed E-state index contributed by atoms with van der Waals surface area (Å²) >= 11 is 0. The van der Waals surface area contributed by atoms with Gasteiger partial charge in [-0.1, -0.05) is 87.5 Å². The largest absolute Gasteiger partial charge is 0.348 e. The molecule has 0 saturated carbocycles. The van der Waals surface area contributed by atoms with E-state index in [4.69, 9.17) is 0 Å². The van der Waals surface area contributed by atoms with Crippen molar-refractivity contribution in [1.82, 2.24) is 5.32 Å². The molecule has 0 aromatic heterocycles. The second kappa shape index (κ2) is 11.1. The minimum Gasteiger partial charge on any atom is -0.348 e. The predicted molar refractivity (Wildman–Crippen MR) is 134 cm³/mol. The van der Waals surface area contributed by atoms with Crippen LogP contribution in [0.2, 0.25) is 0 Å². The molecule has 0 radical (unpaired) electrons. The SMILES string of the molecule is CCc1ccccc1N(CC(=O)N[C@@H](CC(C)C)c1ccccc1)S(=O)(=O)c1ccccc1. The molecule has 6 heteroatoms. The summed E-state index contributed by atoms with van der Waals surface area (Å²) in [5, 5.41) is 3.08. The highest BCUT2D eigenvalue weighted by Gasteiger charge is 2.29. The third kappa shape index (κ3) is 6.23. The standard InChI is InChI=1S/C27H32N2O3S/c1-4-22-13-11-12-18-26(22)29(33(31,32)24-16-9-6-10-17-24)20-27(30)28-25(19-21(2)3)23-14-7-5-8-15-23/h5-18,21,25H,4,19-20H2,1-3H3,(H,28,30)/t25-/m0/s1. The number of carbonyl (C=O) groups is 1. The number of sulfonamides is 1. The summed E-state index contributed by atoms with van der Waals surface area (Å²) in [4.78, 5) is 13.4. The Balaban J connectivity index is 1.95. The molecular formula is C27H32N2O3S. The van der Waals surface area contributed by atoms with E-state index < -0.39 is 10.0 Å². The lowest BCUT2D eigenvalue weighted by Gasteiger charge is -2.28. The predicted octanol–water partition coefficient (Wildman–Crippen LogP) is 5.35. The Hall–Kier alpha value is -3.12. The second-order valence-electron chi connectivity index (χ2n) is 8.47. The minimum absolute atomic E-state index is 0.158. The van der Waals surface area contributed by atoms with E-state index in [0.29, 0.717) is 18.0 Å². The van der Waals surface area contributed by atoms with Gasteiger partial charge in [0.1, 0.15) is 6.54 Å². The van der Waals surface area contributed by atoms with Crippen LogP contribution in [0, 0.1) is 5.92 Å². The summed E-state index contributed by atoms with van der Waals surface area (Å²) in [6, 6.07) is 25.2. The first-order valence-electron chi connectivity index (χ1n) is 11.3. The van der Waals surface area contributed by atoms with Crippen LogP contribution in [-0.4, -0.2) is 20.9 Å². The van der Waals surface area contributed by atoms with E-state index in [9.17, 15) is 13.2 Å². The molecule has 0 aliphatic rings. The molecule has 0 heterocycles. The van der Waals surface area contributed by atoms with E-state index in [-0.39, 0.29) is 23.4 Å². The highest BCUT2D eigenvalue weighted by molar-refractivity contribution is 7.92. The van der Waals surface area contributed by atoms with E-state index in [1.165, 1.54) is 4.31 Å². The van der Waals surface area contributed by atoms with Crippen molar-refractivity contribution in [3.8, 4) is 0 Å². The minimum atomic E-state index is -3.93. The molecule has 174 valence electrons.